The first-order chi connectivity index (χ1) is 48.6. The second-order valence-electron chi connectivity index (χ2n) is 29.7. The summed E-state index contributed by atoms with van der Waals surface area (Å²) >= 11 is 0. The van der Waals surface area contributed by atoms with E-state index in [1.807, 2.05) is 47.4 Å². The molecule has 548 valence electrons. The summed E-state index contributed by atoms with van der Waals surface area (Å²) in [6.07, 6.45) is 10.3. The van der Waals surface area contributed by atoms with Gasteiger partial charge in [0.1, 0.15) is 46.3 Å². The van der Waals surface area contributed by atoms with Crippen LogP contribution in [-0.2, 0) is 47.6 Å². The number of Topliss-reactive ketones (excluding diaryl/α,β-unsaturated/α-hetero) is 1. The zero-order valence-corrected chi connectivity index (χ0v) is 63.1. The number of nitrogens with one attached hydrogen (secondary N) is 2. The molecule has 0 spiro atoms. The van der Waals surface area contributed by atoms with Crippen LogP contribution in [0.5, 0.6) is 5.88 Å². The highest BCUT2D eigenvalue weighted by Crippen LogP contribution is 2.41. The lowest BCUT2D eigenvalue weighted by molar-refractivity contribution is 0.0891. The lowest BCUT2D eigenvalue weighted by atomic mass is 9.97. The Hall–Kier alpha value is -9.18. The lowest BCUT2D eigenvalue weighted by Gasteiger charge is -2.34. The maximum Gasteiger partial charge on any atom is 0.281 e. The topological polar surface area (TPSA) is 312 Å². The zero-order chi connectivity index (χ0) is 74.4. The fraction of sp³-hybridized carbons (Fsp3) is 0.434. The molecule has 4 fully saturated rings. The Kier molecular flexibility index (Phi) is 23.3. The highest BCUT2D eigenvalue weighted by Gasteiger charge is 2.42. The fourth-order valence-electron chi connectivity index (χ4n) is 14.5. The zero-order valence-electron chi connectivity index (χ0n) is 60.7. The Bertz CT molecular complexity index is 4770. The van der Waals surface area contributed by atoms with E-state index in [1.54, 1.807) is 80.2 Å². The van der Waals surface area contributed by atoms with Gasteiger partial charge in [-0.3, -0.25) is 14.4 Å². The lowest BCUT2D eigenvalue weighted by Crippen LogP contribution is -2.41. The number of anilines is 5. The first-order valence-electron chi connectivity index (χ1n) is 34.8. The molecule has 4 atom stereocenters. The number of fused-ring (bicyclic) bond motifs is 1. The van der Waals surface area contributed by atoms with Gasteiger partial charge in [-0.05, 0) is 193 Å². The van der Waals surface area contributed by atoms with Crippen molar-refractivity contribution in [2.75, 3.05) is 70.9 Å². The molecule has 12 rings (SSSR count). The van der Waals surface area contributed by atoms with Gasteiger partial charge in [0.25, 0.3) is 31.9 Å². The van der Waals surface area contributed by atoms with Gasteiger partial charge in [0.05, 0.1) is 22.8 Å². The van der Waals surface area contributed by atoms with Crippen molar-refractivity contribution in [2.24, 2.45) is 23.7 Å². The van der Waals surface area contributed by atoms with Crippen molar-refractivity contribution in [1.29, 1.82) is 0 Å². The Labute approximate surface area is 605 Å². The first kappa shape index (κ1) is 76.5. The van der Waals surface area contributed by atoms with Crippen molar-refractivity contribution >= 4 is 87.3 Å². The molecule has 0 radical (unpaired) electrons. The average molecular weight is 1460 g/mol. The van der Waals surface area contributed by atoms with Crippen molar-refractivity contribution in [3.05, 3.63) is 174 Å². The summed E-state index contributed by atoms with van der Waals surface area (Å²) in [4.78, 5) is 73.8. The first-order valence-corrected chi connectivity index (χ1v) is 39.4. The molecule has 24 nitrogen and oxygen atoms in total. The van der Waals surface area contributed by atoms with E-state index in [0.717, 1.165) is 86.7 Å². The number of nitrogens with zero attached hydrogens (tertiary/aromatic N) is 10. The number of nitrogen functional groups attached to an aromatic ring is 1. The third kappa shape index (κ3) is 18.4. The van der Waals surface area contributed by atoms with Crippen molar-refractivity contribution in [1.82, 2.24) is 39.3 Å². The Morgan fingerprint density at radius 2 is 1.14 bits per heavy atom. The van der Waals surface area contributed by atoms with Crippen LogP contribution in [0, 0.1) is 23.7 Å². The molecule has 0 saturated carbocycles. The minimum Gasteiger partial charge on any atom is -0.473 e. The molecule has 0 bridgehead atoms. The summed E-state index contributed by atoms with van der Waals surface area (Å²) in [6, 6.07) is 36.2. The molecule has 4 aliphatic heterocycles. The minimum absolute atomic E-state index is 0.0806. The third-order valence-corrected chi connectivity index (χ3v) is 23.1. The number of sulfone groups is 1. The number of ether oxygens (including phenoxy) is 2. The number of carbonyl (C=O) groups is 3. The van der Waals surface area contributed by atoms with Crippen LogP contribution in [-0.4, -0.2) is 141 Å². The van der Waals surface area contributed by atoms with Gasteiger partial charge in [-0.2, -0.15) is 8.42 Å². The quantitative estimate of drug-likeness (QED) is 0.0597. The van der Waals surface area contributed by atoms with Crippen LogP contribution in [0.25, 0.3) is 10.8 Å². The number of amides is 2. The summed E-state index contributed by atoms with van der Waals surface area (Å²) in [5.41, 5.74) is 7.70. The molecule has 6 aromatic heterocycles. The summed E-state index contributed by atoms with van der Waals surface area (Å²) in [7, 11) is -10.7. The van der Waals surface area contributed by atoms with Crippen LogP contribution in [0.4, 0.5) is 29.1 Å². The third-order valence-electron chi connectivity index (χ3n) is 19.0. The van der Waals surface area contributed by atoms with Crippen LogP contribution in [0.1, 0.15) is 151 Å². The van der Waals surface area contributed by atoms with Crippen molar-refractivity contribution < 1.29 is 49.1 Å². The SMILES string of the molecule is CC(C)Cc1ccc(C(=O)NS(=O)(=O)c2cccnc2N)c(N2C[C@@H](C)CC2(C)C)n1.CC1CN(c2ncccc2C(=O)CS(=O)(=O)c2cccc(OCc3ccc4ccccc4c3)n2)C(C)(C)C1.COC1CCCN(c2cccc(S(=O)(=O)NC(=O)c3cccnc3N3CC(C)CC3(C)C)n2)C1. The number of rotatable bonds is 20. The highest BCUT2D eigenvalue weighted by atomic mass is 32.2. The van der Waals surface area contributed by atoms with E-state index in [2.05, 4.69) is 125 Å². The normalized spacial score (nSPS) is 19.3. The van der Waals surface area contributed by atoms with Crippen molar-refractivity contribution in [3.63, 3.8) is 0 Å². The smallest absolute Gasteiger partial charge is 0.281 e. The molecule has 2 aromatic carbocycles. The Balaban J connectivity index is 0.000000167. The molecule has 8 aromatic rings. The number of hydrogen-bond acceptors (Lipinski definition) is 22. The van der Waals surface area contributed by atoms with E-state index >= 15 is 0 Å². The number of hydrogen-bond donors (Lipinski definition) is 3. The monoisotopic (exact) mass is 1460 g/mol. The molecular weight excluding hydrogens is 1370 g/mol. The van der Waals surface area contributed by atoms with Gasteiger partial charge < -0.3 is 34.8 Å². The summed E-state index contributed by atoms with van der Waals surface area (Å²) in [5, 5.41) is 1.84. The van der Waals surface area contributed by atoms with E-state index in [4.69, 9.17) is 20.2 Å². The number of piperidine rings is 1. The van der Waals surface area contributed by atoms with Gasteiger partial charge in [-0.25, -0.2) is 56.2 Å². The highest BCUT2D eigenvalue weighted by molar-refractivity contribution is 7.92. The van der Waals surface area contributed by atoms with Crippen LogP contribution in [0.15, 0.2) is 161 Å². The summed E-state index contributed by atoms with van der Waals surface area (Å²) < 4.78 is 93.8. The van der Waals surface area contributed by atoms with Gasteiger partial charge in [0.15, 0.2) is 15.8 Å². The van der Waals surface area contributed by atoms with Crippen LogP contribution in [0.3, 0.4) is 0 Å². The maximum absolute atomic E-state index is 13.3. The van der Waals surface area contributed by atoms with Gasteiger partial charge >= 0.3 is 0 Å². The number of benzene rings is 2. The fourth-order valence-corrected chi connectivity index (χ4v) is 17.7. The molecule has 103 heavy (non-hydrogen) atoms. The van der Waals surface area contributed by atoms with Crippen LogP contribution in [0.2, 0.25) is 0 Å². The van der Waals surface area contributed by atoms with Crippen molar-refractivity contribution in [2.45, 2.75) is 159 Å². The number of sulfonamides is 2. The Morgan fingerprint density at radius 3 is 1.74 bits per heavy atom. The predicted octanol–water partition coefficient (Wildman–Crippen LogP) is 11.3. The molecule has 3 unspecified atom stereocenters. The Morgan fingerprint density at radius 1 is 0.583 bits per heavy atom. The number of carbonyl (C=O) groups excluding carboxylic acids is 3. The van der Waals surface area contributed by atoms with Gasteiger partial charge in [0.2, 0.25) is 15.7 Å². The number of pyridine rings is 6. The second-order valence-corrected chi connectivity index (χ2v) is 34.9. The average Bonchev–Trinajstić information content (AvgIpc) is 1.88. The van der Waals surface area contributed by atoms with E-state index < -0.39 is 53.2 Å². The number of nitrogens with two attached hydrogens (primary N) is 1. The molecule has 4 N–H and O–H groups in total. The molecular formula is C76H95N13O11S3. The summed E-state index contributed by atoms with van der Waals surface area (Å²) in [5.74, 6) is 1.16. The van der Waals surface area contributed by atoms with Crippen LogP contribution >= 0.6 is 0 Å². The van der Waals surface area contributed by atoms with Gasteiger partial charge in [-0.1, -0.05) is 83.1 Å². The number of ketones is 1. The second kappa shape index (κ2) is 31.4. The van der Waals surface area contributed by atoms with E-state index in [9.17, 15) is 39.6 Å². The van der Waals surface area contributed by atoms with Gasteiger partial charge in [-0.15, -0.1) is 0 Å². The van der Waals surface area contributed by atoms with E-state index in [-0.39, 0.29) is 67.1 Å². The standard InChI is InChI=1S/C30H31N3O4S.C24H33N5O4S.C22H31N5O3S/c1-21-17-30(2,3)33(18-21)29-25(10-7-15-31-29)26(34)20-38(35,36)28-12-6-11-27(32-28)37-19-22-13-14-23-8-4-5-9-24(23)16-22;1-17-14-24(2,3)29(15-17)22-19(9-6-12-25-22)23(30)27-34(31,32)21-11-5-10-20(26-21)28-13-7-8-18(16-28)33-4;1-14(2)11-16-8-9-17(20(25-16)27-13-15(3)12-22(27,4)5)21(28)26-31(29,30)18-7-6-10-24-19(18)23/h4-16,21H,17-20H2,1-3H3;5-6,9-12,17-18H,7-8,13-16H2,1-4H3,(H,27,30);6-10,14-15H,11-13H2,1-5H3,(H2,23,24)(H,26,28)/t;;15-/m..0/s1. The summed E-state index contributed by atoms with van der Waals surface area (Å²) in [6.45, 7) is 27.3. The molecule has 0 aliphatic carbocycles. The van der Waals surface area contributed by atoms with Crippen LogP contribution < -0.4 is 39.5 Å². The molecule has 4 aliphatic rings. The van der Waals surface area contributed by atoms with Crippen molar-refractivity contribution in [3.8, 4) is 5.88 Å². The molecule has 2 amide bonds. The minimum atomic E-state index is -4.18. The molecule has 27 heteroatoms. The largest absolute Gasteiger partial charge is 0.473 e. The number of aromatic nitrogens is 6. The molecule has 4 saturated heterocycles. The molecule has 10 heterocycles. The van der Waals surface area contributed by atoms with E-state index in [0.29, 0.717) is 59.1 Å². The van der Waals surface area contributed by atoms with E-state index in [1.165, 1.54) is 30.5 Å². The maximum atomic E-state index is 13.3. The number of methoxy groups -OCH3 is 1. The van der Waals surface area contributed by atoms with Gasteiger partial charge in [0, 0.05) is 86.8 Å². The predicted molar refractivity (Wildman–Crippen MR) is 400 cm³/mol.